The Morgan fingerprint density at radius 2 is 1.63 bits per heavy atom. The Kier molecular flexibility index (Phi) is 3.15. The number of hydrogen-bond donors (Lipinski definition) is 0. The topological polar surface area (TPSA) is 20.1 Å². The minimum atomic E-state index is 0.0812. The molecule has 0 aliphatic carbocycles. The average Bonchev–Trinajstić information content (AvgIpc) is 3.27. The molecule has 2 heteroatoms. The van der Waals surface area contributed by atoms with E-state index in [9.17, 15) is 4.79 Å². The Bertz CT molecular complexity index is 589. The van der Waals surface area contributed by atoms with Gasteiger partial charge >= 0.3 is 0 Å². The fourth-order valence-electron chi connectivity index (χ4n) is 2.17. The fraction of sp³-hybridized carbons (Fsp3) is 0.118. The van der Waals surface area contributed by atoms with E-state index in [1.807, 2.05) is 59.5 Å². The summed E-state index contributed by atoms with van der Waals surface area (Å²) in [6, 6.07) is 20.3. The van der Waals surface area contributed by atoms with Crippen molar-refractivity contribution >= 4 is 12.0 Å². The second-order valence-electron chi connectivity index (χ2n) is 4.66. The van der Waals surface area contributed by atoms with E-state index in [1.165, 1.54) is 5.56 Å². The molecule has 1 aliphatic rings. The number of nitrogens with zero attached hydrogens (tertiary/aromatic N) is 1. The summed E-state index contributed by atoms with van der Waals surface area (Å²) in [6.45, 7) is 0.821. The van der Waals surface area contributed by atoms with Gasteiger partial charge in [-0.15, -0.1) is 0 Å². The maximum absolute atomic E-state index is 12.0. The van der Waals surface area contributed by atoms with Gasteiger partial charge in [-0.1, -0.05) is 60.7 Å². The lowest BCUT2D eigenvalue weighted by Crippen LogP contribution is -2.07. The first kappa shape index (κ1) is 11.7. The SMILES string of the molecule is O=C(/C=C/c1ccccc1)N1CC1c1ccccc1. The lowest BCUT2D eigenvalue weighted by molar-refractivity contribution is -0.121. The Hall–Kier alpha value is -2.35. The van der Waals surface area contributed by atoms with Crippen LogP contribution in [-0.4, -0.2) is 17.4 Å². The van der Waals surface area contributed by atoms with E-state index < -0.39 is 0 Å². The molecule has 0 radical (unpaired) electrons. The van der Waals surface area contributed by atoms with E-state index in [4.69, 9.17) is 0 Å². The third-order valence-electron chi connectivity index (χ3n) is 3.30. The Morgan fingerprint density at radius 1 is 1.00 bits per heavy atom. The van der Waals surface area contributed by atoms with E-state index in [1.54, 1.807) is 6.08 Å². The van der Waals surface area contributed by atoms with Crippen molar-refractivity contribution in [3.8, 4) is 0 Å². The Morgan fingerprint density at radius 3 is 2.32 bits per heavy atom. The van der Waals surface area contributed by atoms with E-state index in [-0.39, 0.29) is 11.9 Å². The first-order valence-corrected chi connectivity index (χ1v) is 6.43. The monoisotopic (exact) mass is 249 g/mol. The van der Waals surface area contributed by atoms with E-state index >= 15 is 0 Å². The molecule has 1 saturated heterocycles. The number of amides is 1. The van der Waals surface area contributed by atoms with Crippen LogP contribution in [0.3, 0.4) is 0 Å². The number of hydrogen-bond acceptors (Lipinski definition) is 1. The summed E-state index contributed by atoms with van der Waals surface area (Å²) in [5.41, 5.74) is 2.26. The molecule has 1 heterocycles. The third kappa shape index (κ3) is 2.74. The van der Waals surface area contributed by atoms with Crippen molar-refractivity contribution < 1.29 is 4.79 Å². The van der Waals surface area contributed by atoms with Crippen molar-refractivity contribution in [2.24, 2.45) is 0 Å². The van der Waals surface area contributed by atoms with Gasteiger partial charge in [0.15, 0.2) is 0 Å². The highest BCUT2D eigenvalue weighted by Gasteiger charge is 2.38. The predicted molar refractivity (Wildman–Crippen MR) is 76.4 cm³/mol. The number of carbonyl (C=O) groups is 1. The summed E-state index contributed by atoms with van der Waals surface area (Å²) in [5, 5.41) is 0. The molecule has 1 amide bonds. The summed E-state index contributed by atoms with van der Waals surface area (Å²) in [5.74, 6) is 0.0812. The van der Waals surface area contributed by atoms with E-state index in [0.717, 1.165) is 12.1 Å². The molecule has 0 N–H and O–H groups in total. The molecule has 1 fully saturated rings. The first-order valence-electron chi connectivity index (χ1n) is 6.43. The van der Waals surface area contributed by atoms with Crippen molar-refractivity contribution in [1.29, 1.82) is 0 Å². The summed E-state index contributed by atoms with van der Waals surface area (Å²) in [4.78, 5) is 13.9. The van der Waals surface area contributed by atoms with Crippen LogP contribution >= 0.6 is 0 Å². The zero-order chi connectivity index (χ0) is 13.1. The first-order chi connectivity index (χ1) is 9.34. The van der Waals surface area contributed by atoms with Gasteiger partial charge in [0, 0.05) is 12.6 Å². The maximum atomic E-state index is 12.0. The second kappa shape index (κ2) is 5.11. The zero-order valence-electron chi connectivity index (χ0n) is 10.6. The highest BCUT2D eigenvalue weighted by atomic mass is 16.2. The predicted octanol–water partition coefficient (Wildman–Crippen LogP) is 3.28. The minimum Gasteiger partial charge on any atom is -0.328 e. The zero-order valence-corrected chi connectivity index (χ0v) is 10.6. The van der Waals surface area contributed by atoms with Crippen LogP contribution in [-0.2, 0) is 4.79 Å². The van der Waals surface area contributed by atoms with Gasteiger partial charge in [-0.05, 0) is 17.2 Å². The quantitative estimate of drug-likeness (QED) is 0.603. The fourth-order valence-corrected chi connectivity index (χ4v) is 2.17. The van der Waals surface area contributed by atoms with Crippen molar-refractivity contribution in [2.75, 3.05) is 6.54 Å². The summed E-state index contributed by atoms with van der Waals surface area (Å²) in [6.07, 6.45) is 3.51. The molecule has 0 bridgehead atoms. The molecular formula is C17H15NO. The molecule has 1 aliphatic heterocycles. The molecular weight excluding hydrogens is 234 g/mol. The molecule has 19 heavy (non-hydrogen) atoms. The highest BCUT2D eigenvalue weighted by Crippen LogP contribution is 2.34. The smallest absolute Gasteiger partial charge is 0.247 e. The summed E-state index contributed by atoms with van der Waals surface area (Å²) in [7, 11) is 0. The van der Waals surface area contributed by atoms with Crippen LogP contribution in [0.25, 0.3) is 6.08 Å². The summed E-state index contributed by atoms with van der Waals surface area (Å²) >= 11 is 0. The molecule has 0 spiro atoms. The van der Waals surface area contributed by atoms with Crippen LogP contribution in [0, 0.1) is 0 Å². The third-order valence-corrected chi connectivity index (χ3v) is 3.30. The average molecular weight is 249 g/mol. The summed E-state index contributed by atoms with van der Waals surface area (Å²) < 4.78 is 0. The Labute approximate surface area is 113 Å². The molecule has 0 aromatic heterocycles. The van der Waals surface area contributed by atoms with E-state index in [0.29, 0.717) is 0 Å². The van der Waals surface area contributed by atoms with Gasteiger partial charge in [-0.3, -0.25) is 4.79 Å². The molecule has 3 rings (SSSR count). The van der Waals surface area contributed by atoms with Crippen molar-refractivity contribution in [3.63, 3.8) is 0 Å². The van der Waals surface area contributed by atoms with Gasteiger partial charge in [0.05, 0.1) is 6.04 Å². The molecule has 1 unspecified atom stereocenters. The number of rotatable bonds is 3. The molecule has 0 saturated carbocycles. The van der Waals surface area contributed by atoms with Gasteiger partial charge in [-0.25, -0.2) is 0 Å². The van der Waals surface area contributed by atoms with E-state index in [2.05, 4.69) is 12.1 Å². The van der Waals surface area contributed by atoms with Crippen molar-refractivity contribution in [1.82, 2.24) is 4.90 Å². The maximum Gasteiger partial charge on any atom is 0.247 e. The lowest BCUT2D eigenvalue weighted by atomic mass is 10.2. The minimum absolute atomic E-state index is 0.0812. The number of carbonyl (C=O) groups excluding carboxylic acids is 1. The second-order valence-corrected chi connectivity index (χ2v) is 4.66. The van der Waals surface area contributed by atoms with Crippen LogP contribution in [0.1, 0.15) is 17.2 Å². The molecule has 2 aromatic carbocycles. The molecule has 1 atom stereocenters. The van der Waals surface area contributed by atoms with Gasteiger partial charge < -0.3 is 4.90 Å². The van der Waals surface area contributed by atoms with Gasteiger partial charge in [0.25, 0.3) is 0 Å². The van der Waals surface area contributed by atoms with Crippen LogP contribution in [0.15, 0.2) is 66.7 Å². The van der Waals surface area contributed by atoms with Crippen LogP contribution < -0.4 is 0 Å². The normalized spacial score (nSPS) is 17.7. The highest BCUT2D eigenvalue weighted by molar-refractivity contribution is 5.93. The lowest BCUT2D eigenvalue weighted by Gasteiger charge is -2.00. The number of benzene rings is 2. The van der Waals surface area contributed by atoms with Crippen molar-refractivity contribution in [2.45, 2.75) is 6.04 Å². The van der Waals surface area contributed by atoms with Crippen LogP contribution in [0.2, 0.25) is 0 Å². The molecule has 2 aromatic rings. The van der Waals surface area contributed by atoms with Gasteiger partial charge in [0.2, 0.25) is 5.91 Å². The standard InChI is InChI=1S/C17H15NO/c19-17(12-11-14-7-3-1-4-8-14)18-13-16(18)15-9-5-2-6-10-15/h1-12,16H,13H2/b12-11+. The Balaban J connectivity index is 1.63. The van der Waals surface area contributed by atoms with Gasteiger partial charge in [0.1, 0.15) is 0 Å². The van der Waals surface area contributed by atoms with Crippen LogP contribution in [0.4, 0.5) is 0 Å². The molecule has 94 valence electrons. The van der Waals surface area contributed by atoms with Crippen molar-refractivity contribution in [3.05, 3.63) is 77.9 Å². The largest absolute Gasteiger partial charge is 0.328 e. The molecule has 2 nitrogen and oxygen atoms in total. The van der Waals surface area contributed by atoms with Gasteiger partial charge in [-0.2, -0.15) is 0 Å². The van der Waals surface area contributed by atoms with Crippen LogP contribution in [0.5, 0.6) is 0 Å².